The van der Waals surface area contributed by atoms with Gasteiger partial charge in [-0.3, -0.25) is 6.08 Å². The molecule has 4 heteroatoms. The summed E-state index contributed by atoms with van der Waals surface area (Å²) in [6, 6.07) is 10.5. The van der Waals surface area contributed by atoms with Crippen LogP contribution in [-0.4, -0.2) is 20.4 Å². The molecule has 0 fully saturated rings. The van der Waals surface area contributed by atoms with Gasteiger partial charge in [-0.25, -0.2) is 11.6 Å². The second kappa shape index (κ2) is 18.6. The van der Waals surface area contributed by atoms with Gasteiger partial charge in [0.1, 0.15) is 20.4 Å². The quantitative estimate of drug-likeness (QED) is 0.622. The van der Waals surface area contributed by atoms with Gasteiger partial charge in [0.2, 0.25) is 0 Å². The summed E-state index contributed by atoms with van der Waals surface area (Å²) in [7, 11) is 0. The maximum atomic E-state index is 8.00. The van der Waals surface area contributed by atoms with E-state index < -0.39 is 0 Å². The van der Waals surface area contributed by atoms with Gasteiger partial charge in [0.05, 0.1) is 0 Å². The van der Waals surface area contributed by atoms with Crippen molar-refractivity contribution < 1.29 is 31.5 Å². The molecule has 0 radical (unpaired) electrons. The van der Waals surface area contributed by atoms with Gasteiger partial charge in [-0.2, -0.15) is 6.08 Å². The molecule has 0 spiro atoms. The van der Waals surface area contributed by atoms with Gasteiger partial charge >= 0.3 is 0 Å². The third-order valence-corrected chi connectivity index (χ3v) is 2.00. The Morgan fingerprint density at radius 1 is 0.947 bits per heavy atom. The Bertz CT molecular complexity index is 356. The molecular formula is C15H17FeO3-. The van der Waals surface area contributed by atoms with Crippen LogP contribution in [-0.2, 0) is 37.9 Å². The molecule has 0 amide bonds. The molecule has 2 rings (SSSR count). The van der Waals surface area contributed by atoms with Crippen molar-refractivity contribution in [3.05, 3.63) is 59.7 Å². The Balaban J connectivity index is -0.000000325. The molecule has 0 heterocycles. The molecule has 0 aliphatic heterocycles. The first-order chi connectivity index (χ1) is 8.95. The summed E-state index contributed by atoms with van der Waals surface area (Å²) in [5, 5.41) is 0. The minimum atomic E-state index is 0. The topological polar surface area (TPSA) is 51.2 Å². The second-order valence-electron chi connectivity index (χ2n) is 2.97. The van der Waals surface area contributed by atoms with Crippen molar-refractivity contribution in [2.45, 2.75) is 12.8 Å². The van der Waals surface area contributed by atoms with E-state index in [9.17, 15) is 0 Å². The van der Waals surface area contributed by atoms with Gasteiger partial charge in [-0.1, -0.05) is 30.3 Å². The van der Waals surface area contributed by atoms with Crippen molar-refractivity contribution in [1.82, 2.24) is 0 Å². The number of carbonyl (C=O) groups excluding carboxylic acids is 3. The Kier molecular flexibility index (Phi) is 21.9. The van der Waals surface area contributed by atoms with Crippen LogP contribution < -0.4 is 0 Å². The van der Waals surface area contributed by atoms with Crippen LogP contribution in [0.1, 0.15) is 12.0 Å². The molecule has 1 aromatic rings. The van der Waals surface area contributed by atoms with E-state index in [0.717, 1.165) is 12.8 Å². The fourth-order valence-electron chi connectivity index (χ4n) is 1.39. The number of rotatable bonds is 2. The zero-order chi connectivity index (χ0) is 14.2. The molecular weight excluding hydrogens is 284 g/mol. The van der Waals surface area contributed by atoms with Gasteiger partial charge in [0, 0.05) is 17.1 Å². The van der Waals surface area contributed by atoms with Gasteiger partial charge in [0.15, 0.2) is 0 Å². The van der Waals surface area contributed by atoms with E-state index in [2.05, 4.69) is 42.5 Å². The SMILES string of the molecule is C=O.C=O.C=O.[C-]1=C(Cc2ccccc2)C=CC1.[Fe]. The molecule has 1 aliphatic carbocycles. The van der Waals surface area contributed by atoms with Crippen molar-refractivity contribution in [3.63, 3.8) is 0 Å². The molecule has 19 heavy (non-hydrogen) atoms. The first kappa shape index (κ1) is 22.4. The summed E-state index contributed by atoms with van der Waals surface area (Å²) in [5.41, 5.74) is 2.69. The van der Waals surface area contributed by atoms with Crippen molar-refractivity contribution in [3.8, 4) is 0 Å². The van der Waals surface area contributed by atoms with E-state index in [0.29, 0.717) is 0 Å². The predicted molar refractivity (Wildman–Crippen MR) is 72.0 cm³/mol. The van der Waals surface area contributed by atoms with Crippen LogP contribution in [0.15, 0.2) is 48.1 Å². The van der Waals surface area contributed by atoms with E-state index in [1.54, 1.807) is 0 Å². The molecule has 0 bridgehead atoms. The van der Waals surface area contributed by atoms with E-state index in [1.807, 2.05) is 26.4 Å². The van der Waals surface area contributed by atoms with Crippen LogP contribution in [0, 0.1) is 6.08 Å². The number of carbonyl (C=O) groups is 3. The Hall–Kier alpha value is -1.77. The van der Waals surface area contributed by atoms with Crippen LogP contribution in [0.3, 0.4) is 0 Å². The summed E-state index contributed by atoms with van der Waals surface area (Å²) >= 11 is 0. The second-order valence-corrected chi connectivity index (χ2v) is 2.97. The molecule has 0 aromatic heterocycles. The molecule has 3 nitrogen and oxygen atoms in total. The third kappa shape index (κ3) is 11.1. The Labute approximate surface area is 124 Å². The van der Waals surface area contributed by atoms with Crippen LogP contribution in [0.5, 0.6) is 0 Å². The van der Waals surface area contributed by atoms with E-state index in [1.165, 1.54) is 11.1 Å². The number of allylic oxidation sites excluding steroid dienone is 4. The summed E-state index contributed by atoms with van der Waals surface area (Å²) in [6.07, 6.45) is 9.63. The zero-order valence-corrected chi connectivity index (χ0v) is 11.8. The first-order valence-electron chi connectivity index (χ1n) is 5.12. The molecule has 1 aromatic carbocycles. The maximum Gasteiger partial charge on any atom is 0.106 e. The fraction of sp³-hybridized carbons (Fsp3) is 0.133. The van der Waals surface area contributed by atoms with Crippen molar-refractivity contribution >= 4 is 20.4 Å². The molecule has 0 unspecified atom stereocenters. The van der Waals surface area contributed by atoms with Gasteiger partial charge in [-0.05, 0) is 12.0 Å². The average molecular weight is 301 g/mol. The maximum absolute atomic E-state index is 8.00. The minimum Gasteiger partial charge on any atom is -0.307 e. The van der Waals surface area contributed by atoms with Crippen molar-refractivity contribution in [1.29, 1.82) is 0 Å². The summed E-state index contributed by atoms with van der Waals surface area (Å²) in [5.74, 6) is 0. The molecule has 0 saturated carbocycles. The summed E-state index contributed by atoms with van der Waals surface area (Å²) in [4.78, 5) is 24.0. The smallest absolute Gasteiger partial charge is 0.106 e. The van der Waals surface area contributed by atoms with Crippen molar-refractivity contribution in [2.24, 2.45) is 0 Å². The van der Waals surface area contributed by atoms with Crippen LogP contribution in [0.4, 0.5) is 0 Å². The van der Waals surface area contributed by atoms with E-state index in [4.69, 9.17) is 14.4 Å². The van der Waals surface area contributed by atoms with Gasteiger partial charge in [0.25, 0.3) is 0 Å². The number of hydrogen-bond donors (Lipinski definition) is 0. The van der Waals surface area contributed by atoms with Gasteiger partial charge in [-0.15, -0.1) is 6.42 Å². The number of hydrogen-bond acceptors (Lipinski definition) is 3. The fourth-order valence-corrected chi connectivity index (χ4v) is 1.39. The normalized spacial score (nSPS) is 10.0. The van der Waals surface area contributed by atoms with Crippen molar-refractivity contribution in [2.75, 3.05) is 0 Å². The molecule has 0 N–H and O–H groups in total. The largest absolute Gasteiger partial charge is 0.307 e. The average Bonchev–Trinajstić information content (AvgIpc) is 2.99. The zero-order valence-electron chi connectivity index (χ0n) is 10.7. The standard InChI is InChI=1S/C12H11.3CH2O.Fe/c1-2-6-11(7-3-1)10-12-8-4-5-9-12;3*1-2;/h1-4,6-8H,5,10H2;3*1H2;/q-1;;;;. The molecule has 0 saturated heterocycles. The predicted octanol–water partition coefficient (Wildman–Crippen LogP) is 2.36. The summed E-state index contributed by atoms with van der Waals surface area (Å²) in [6.45, 7) is 6.00. The van der Waals surface area contributed by atoms with Crippen LogP contribution in [0.25, 0.3) is 0 Å². The van der Waals surface area contributed by atoms with E-state index in [-0.39, 0.29) is 17.1 Å². The minimum absolute atomic E-state index is 0. The third-order valence-electron chi connectivity index (χ3n) is 2.00. The Morgan fingerprint density at radius 3 is 1.89 bits per heavy atom. The first-order valence-corrected chi connectivity index (χ1v) is 5.12. The van der Waals surface area contributed by atoms with E-state index >= 15 is 0 Å². The number of benzene rings is 1. The molecule has 104 valence electrons. The molecule has 1 aliphatic rings. The molecule has 0 atom stereocenters. The monoisotopic (exact) mass is 301 g/mol. The van der Waals surface area contributed by atoms with Gasteiger partial charge < -0.3 is 14.4 Å². The Morgan fingerprint density at radius 2 is 1.47 bits per heavy atom. The van der Waals surface area contributed by atoms with Crippen LogP contribution >= 0.6 is 0 Å². The summed E-state index contributed by atoms with van der Waals surface area (Å²) < 4.78 is 0. The van der Waals surface area contributed by atoms with Crippen LogP contribution in [0.2, 0.25) is 0 Å².